The molecule has 0 heterocycles. The van der Waals surface area contributed by atoms with Gasteiger partial charge in [0.1, 0.15) is 0 Å². The van der Waals surface area contributed by atoms with E-state index in [4.69, 9.17) is 18.0 Å². The molecule has 1 unspecified atom stereocenters. The van der Waals surface area contributed by atoms with Gasteiger partial charge in [0.2, 0.25) is 10.0 Å². The molecule has 0 spiro atoms. The molecule has 1 aromatic carbocycles. The second-order valence-electron chi connectivity index (χ2n) is 5.35. The third-order valence-corrected chi connectivity index (χ3v) is 5.90. The summed E-state index contributed by atoms with van der Waals surface area (Å²) in [6.07, 6.45) is 1.08. The molecule has 1 atom stereocenters. The Bertz CT molecular complexity index is 567. The van der Waals surface area contributed by atoms with Crippen LogP contribution in [0.5, 0.6) is 0 Å². The first-order valence-electron chi connectivity index (χ1n) is 7.13. The van der Waals surface area contributed by atoms with Crippen LogP contribution in [0.4, 0.5) is 0 Å². The lowest BCUT2D eigenvalue weighted by molar-refractivity contribution is 0.464. The largest absolute Gasteiger partial charge is 0.392 e. The first-order chi connectivity index (χ1) is 9.76. The van der Waals surface area contributed by atoms with Crippen molar-refractivity contribution in [3.63, 3.8) is 0 Å². The number of rotatable bonds is 8. The fourth-order valence-corrected chi connectivity index (χ4v) is 4.67. The molecular formula is C15H24N2O2S2. The highest BCUT2D eigenvalue weighted by atomic mass is 32.2. The third-order valence-electron chi connectivity index (χ3n) is 3.87. The Morgan fingerprint density at radius 3 is 2.24 bits per heavy atom. The van der Waals surface area contributed by atoms with Crippen molar-refractivity contribution in [1.82, 2.24) is 4.72 Å². The smallest absolute Gasteiger partial charge is 0.213 e. The molecule has 6 heteroatoms. The van der Waals surface area contributed by atoms with Gasteiger partial charge in [-0.1, -0.05) is 63.3 Å². The van der Waals surface area contributed by atoms with Crippen molar-refractivity contribution in [1.29, 1.82) is 0 Å². The van der Waals surface area contributed by atoms with E-state index in [-0.39, 0.29) is 16.7 Å². The topological polar surface area (TPSA) is 72.2 Å². The summed E-state index contributed by atoms with van der Waals surface area (Å²) in [5, 5.41) is 0. The van der Waals surface area contributed by atoms with Crippen molar-refractivity contribution in [3.05, 3.63) is 35.9 Å². The fraction of sp³-hybridized carbons (Fsp3) is 0.533. The number of nitrogens with two attached hydrogens (primary N) is 1. The zero-order chi connectivity index (χ0) is 16.1. The molecule has 0 aromatic heterocycles. The summed E-state index contributed by atoms with van der Waals surface area (Å²) < 4.78 is 27.6. The zero-order valence-electron chi connectivity index (χ0n) is 12.8. The number of thiocarbonyl (C=S) groups is 1. The van der Waals surface area contributed by atoms with Crippen LogP contribution in [-0.4, -0.2) is 24.7 Å². The second kappa shape index (κ2) is 7.33. The van der Waals surface area contributed by atoms with Gasteiger partial charge in [-0.05, 0) is 24.3 Å². The molecule has 118 valence electrons. The van der Waals surface area contributed by atoms with E-state index in [1.54, 1.807) is 0 Å². The molecule has 1 rings (SSSR count). The van der Waals surface area contributed by atoms with E-state index < -0.39 is 15.6 Å². The monoisotopic (exact) mass is 328 g/mol. The van der Waals surface area contributed by atoms with Crippen molar-refractivity contribution in [3.8, 4) is 0 Å². The van der Waals surface area contributed by atoms with Crippen LogP contribution in [0, 0.1) is 0 Å². The summed E-state index contributed by atoms with van der Waals surface area (Å²) >= 11 is 5.05. The van der Waals surface area contributed by atoms with Gasteiger partial charge in [0.25, 0.3) is 0 Å². The van der Waals surface area contributed by atoms with Crippen molar-refractivity contribution >= 4 is 27.2 Å². The van der Waals surface area contributed by atoms with Gasteiger partial charge in [-0.3, -0.25) is 0 Å². The summed E-state index contributed by atoms with van der Waals surface area (Å²) in [4.78, 5) is 0.198. The molecule has 0 radical (unpaired) electrons. The summed E-state index contributed by atoms with van der Waals surface area (Å²) in [7, 11) is -3.47. The maximum atomic E-state index is 12.4. The highest BCUT2D eigenvalue weighted by Gasteiger charge is 2.34. The molecule has 4 nitrogen and oxygen atoms in total. The number of hydrogen-bond acceptors (Lipinski definition) is 3. The Hall–Kier alpha value is -0.980. The first kappa shape index (κ1) is 18.1. The van der Waals surface area contributed by atoms with Crippen LogP contribution in [0.2, 0.25) is 0 Å². The van der Waals surface area contributed by atoms with Gasteiger partial charge < -0.3 is 5.73 Å². The Balaban J connectivity index is 2.89. The normalized spacial score (nSPS) is 13.9. The van der Waals surface area contributed by atoms with Gasteiger partial charge in [-0.2, -0.15) is 0 Å². The van der Waals surface area contributed by atoms with Crippen molar-refractivity contribution in [2.75, 3.05) is 5.75 Å². The highest BCUT2D eigenvalue weighted by Crippen LogP contribution is 2.21. The minimum atomic E-state index is -3.47. The summed E-state index contributed by atoms with van der Waals surface area (Å²) in [5.41, 5.74) is 5.91. The van der Waals surface area contributed by atoms with Crippen LogP contribution < -0.4 is 10.5 Å². The summed E-state index contributed by atoms with van der Waals surface area (Å²) in [5.74, 6) is -0.0806. The maximum absolute atomic E-state index is 12.4. The van der Waals surface area contributed by atoms with Crippen LogP contribution in [0.25, 0.3) is 0 Å². The van der Waals surface area contributed by atoms with Gasteiger partial charge in [-0.15, -0.1) is 0 Å². The van der Waals surface area contributed by atoms with E-state index in [1.807, 2.05) is 51.1 Å². The average molecular weight is 329 g/mol. The van der Waals surface area contributed by atoms with E-state index >= 15 is 0 Å². The van der Waals surface area contributed by atoms with Gasteiger partial charge in [0, 0.05) is 0 Å². The van der Waals surface area contributed by atoms with E-state index in [9.17, 15) is 8.42 Å². The SMILES string of the molecule is CCC(CC)(NS(=O)(=O)CC(C)c1ccccc1)C(N)=S. The van der Waals surface area contributed by atoms with E-state index in [0.29, 0.717) is 12.8 Å². The zero-order valence-corrected chi connectivity index (χ0v) is 14.4. The fourth-order valence-electron chi connectivity index (χ4n) is 2.34. The number of nitrogens with one attached hydrogen (secondary N) is 1. The molecule has 0 saturated heterocycles. The second-order valence-corrected chi connectivity index (χ2v) is 7.56. The highest BCUT2D eigenvalue weighted by molar-refractivity contribution is 7.89. The molecule has 0 saturated carbocycles. The van der Waals surface area contributed by atoms with Crippen LogP contribution in [0.15, 0.2) is 30.3 Å². The first-order valence-corrected chi connectivity index (χ1v) is 9.19. The molecule has 0 aliphatic rings. The Morgan fingerprint density at radius 1 is 1.29 bits per heavy atom. The number of sulfonamides is 1. The maximum Gasteiger partial charge on any atom is 0.213 e. The minimum absolute atomic E-state index is 0.0153. The average Bonchev–Trinajstić information content (AvgIpc) is 2.45. The minimum Gasteiger partial charge on any atom is -0.392 e. The van der Waals surface area contributed by atoms with Crippen molar-refractivity contribution in [2.45, 2.75) is 45.1 Å². The molecule has 0 aliphatic carbocycles. The number of hydrogen-bond donors (Lipinski definition) is 2. The predicted octanol–water partition coefficient (Wildman–Crippen LogP) is 2.55. The molecule has 21 heavy (non-hydrogen) atoms. The van der Waals surface area contributed by atoms with Gasteiger partial charge in [0.15, 0.2) is 0 Å². The summed E-state index contributed by atoms with van der Waals surface area (Å²) in [6, 6.07) is 9.59. The molecule has 3 N–H and O–H groups in total. The molecule has 0 aliphatic heterocycles. The van der Waals surface area contributed by atoms with E-state index in [1.165, 1.54) is 0 Å². The van der Waals surface area contributed by atoms with Gasteiger partial charge in [-0.25, -0.2) is 13.1 Å². The van der Waals surface area contributed by atoms with E-state index in [0.717, 1.165) is 5.56 Å². The molecule has 0 amide bonds. The van der Waals surface area contributed by atoms with Gasteiger partial charge in [0.05, 0.1) is 16.3 Å². The van der Waals surface area contributed by atoms with Crippen molar-refractivity contribution < 1.29 is 8.42 Å². The van der Waals surface area contributed by atoms with Crippen LogP contribution >= 0.6 is 12.2 Å². The lowest BCUT2D eigenvalue weighted by atomic mass is 9.94. The molecule has 1 aromatic rings. The van der Waals surface area contributed by atoms with Crippen LogP contribution in [-0.2, 0) is 10.0 Å². The van der Waals surface area contributed by atoms with Crippen LogP contribution in [0.1, 0.15) is 45.1 Å². The standard InChI is InChI=1S/C15H24N2O2S2/c1-4-15(5-2,14(16)20)17-21(18,19)11-12(3)13-9-7-6-8-10-13/h6-10,12,17H,4-5,11H2,1-3H3,(H2,16,20). The van der Waals surface area contributed by atoms with E-state index in [2.05, 4.69) is 4.72 Å². The lowest BCUT2D eigenvalue weighted by Gasteiger charge is -2.31. The number of benzene rings is 1. The lowest BCUT2D eigenvalue weighted by Crippen LogP contribution is -2.56. The summed E-state index contributed by atoms with van der Waals surface area (Å²) in [6.45, 7) is 5.66. The van der Waals surface area contributed by atoms with Crippen LogP contribution in [0.3, 0.4) is 0 Å². The Kier molecular flexibility index (Phi) is 6.31. The third kappa shape index (κ3) is 4.76. The molecular weight excluding hydrogens is 304 g/mol. The Morgan fingerprint density at radius 2 is 1.81 bits per heavy atom. The predicted molar refractivity (Wildman–Crippen MR) is 91.9 cm³/mol. The molecule has 0 fully saturated rings. The van der Waals surface area contributed by atoms with Crippen molar-refractivity contribution in [2.24, 2.45) is 5.73 Å². The quantitative estimate of drug-likeness (QED) is 0.719. The molecule has 0 bridgehead atoms. The Labute approximate surface area is 133 Å². The van der Waals surface area contributed by atoms with Gasteiger partial charge >= 0.3 is 0 Å².